The van der Waals surface area contributed by atoms with E-state index in [4.69, 9.17) is 4.74 Å². The van der Waals surface area contributed by atoms with Gasteiger partial charge in [-0.1, -0.05) is 30.5 Å². The molecule has 1 N–H and O–H groups in total. The van der Waals surface area contributed by atoms with Gasteiger partial charge in [-0.15, -0.1) is 0 Å². The third kappa shape index (κ3) is 3.77. The molecule has 4 nitrogen and oxygen atoms in total. The summed E-state index contributed by atoms with van der Waals surface area (Å²) in [4.78, 5) is 0. The van der Waals surface area contributed by atoms with Crippen LogP contribution in [0.15, 0.2) is 18.2 Å². The number of benzene rings is 1. The van der Waals surface area contributed by atoms with E-state index in [1.54, 1.807) is 14.2 Å². The van der Waals surface area contributed by atoms with E-state index in [2.05, 4.69) is 5.32 Å². The zero-order valence-electron chi connectivity index (χ0n) is 13.1. The Bertz CT molecular complexity index is 577. The predicted molar refractivity (Wildman–Crippen MR) is 85.6 cm³/mol. The molecule has 2 rings (SSSR count). The second-order valence-electron chi connectivity index (χ2n) is 5.82. The second kappa shape index (κ2) is 6.79. The molecule has 0 aliphatic heterocycles. The Labute approximate surface area is 127 Å². The number of sulfone groups is 1. The lowest BCUT2D eigenvalue weighted by Gasteiger charge is -2.22. The Morgan fingerprint density at radius 1 is 1.33 bits per heavy atom. The fraction of sp³-hybridized carbons (Fsp3) is 0.625. The molecule has 1 aliphatic rings. The molecule has 21 heavy (non-hydrogen) atoms. The third-order valence-corrected chi connectivity index (χ3v) is 6.60. The molecular formula is C16H25NO3S. The van der Waals surface area contributed by atoms with Gasteiger partial charge in [-0.25, -0.2) is 8.42 Å². The van der Waals surface area contributed by atoms with Gasteiger partial charge in [0, 0.05) is 11.6 Å². The Balaban J connectivity index is 2.25. The van der Waals surface area contributed by atoms with E-state index >= 15 is 0 Å². The first-order chi connectivity index (χ1) is 9.97. The quantitative estimate of drug-likeness (QED) is 0.877. The number of aryl methyl sites for hydroxylation is 1. The number of rotatable bonds is 6. The lowest BCUT2D eigenvalue weighted by atomic mass is 10.0. The molecule has 1 aliphatic carbocycles. The van der Waals surface area contributed by atoms with E-state index in [0.717, 1.165) is 42.6 Å². The van der Waals surface area contributed by atoms with Crippen molar-refractivity contribution >= 4 is 9.84 Å². The summed E-state index contributed by atoms with van der Waals surface area (Å²) in [6.45, 7) is 2.00. The molecule has 0 amide bonds. The molecule has 1 atom stereocenters. The van der Waals surface area contributed by atoms with Crippen molar-refractivity contribution in [2.75, 3.05) is 19.9 Å². The minimum Gasteiger partial charge on any atom is -0.496 e. The van der Waals surface area contributed by atoms with E-state index < -0.39 is 9.84 Å². The zero-order chi connectivity index (χ0) is 15.5. The van der Waals surface area contributed by atoms with Crippen molar-refractivity contribution in [2.24, 2.45) is 0 Å². The van der Waals surface area contributed by atoms with Gasteiger partial charge < -0.3 is 10.1 Å². The summed E-state index contributed by atoms with van der Waals surface area (Å²) in [7, 11) is 0.344. The standard InChI is InChI=1S/C16H25NO3S/c1-12-8-9-16(20-3)14(10-12)15(17-2)11-21(18,19)13-6-4-5-7-13/h8-10,13,15,17H,4-7,11H2,1-3H3. The summed E-state index contributed by atoms with van der Waals surface area (Å²) in [6, 6.07) is 5.65. The summed E-state index contributed by atoms with van der Waals surface area (Å²) in [6.07, 6.45) is 3.68. The summed E-state index contributed by atoms with van der Waals surface area (Å²) in [5.41, 5.74) is 2.02. The van der Waals surface area contributed by atoms with Gasteiger partial charge >= 0.3 is 0 Å². The fourth-order valence-corrected chi connectivity index (χ4v) is 5.21. The van der Waals surface area contributed by atoms with Crippen LogP contribution in [0.4, 0.5) is 0 Å². The van der Waals surface area contributed by atoms with Gasteiger partial charge in [0.05, 0.1) is 18.1 Å². The Kier molecular flexibility index (Phi) is 5.27. The van der Waals surface area contributed by atoms with Crippen molar-refractivity contribution in [1.82, 2.24) is 5.32 Å². The first-order valence-electron chi connectivity index (χ1n) is 7.51. The van der Waals surface area contributed by atoms with Crippen molar-refractivity contribution in [1.29, 1.82) is 0 Å². The van der Waals surface area contributed by atoms with E-state index in [1.165, 1.54) is 0 Å². The smallest absolute Gasteiger partial charge is 0.155 e. The van der Waals surface area contributed by atoms with Gasteiger partial charge in [-0.05, 0) is 32.9 Å². The van der Waals surface area contributed by atoms with Crippen LogP contribution in [-0.2, 0) is 9.84 Å². The number of methoxy groups -OCH3 is 1. The van der Waals surface area contributed by atoms with Gasteiger partial charge in [0.2, 0.25) is 0 Å². The van der Waals surface area contributed by atoms with E-state index in [9.17, 15) is 8.42 Å². The van der Waals surface area contributed by atoms with Crippen molar-refractivity contribution in [3.8, 4) is 5.75 Å². The SMILES string of the molecule is CNC(CS(=O)(=O)C1CCCC1)c1cc(C)ccc1OC. The van der Waals surface area contributed by atoms with E-state index in [-0.39, 0.29) is 17.0 Å². The summed E-state index contributed by atoms with van der Waals surface area (Å²) in [5, 5.41) is 2.98. The first-order valence-corrected chi connectivity index (χ1v) is 9.23. The second-order valence-corrected chi connectivity index (χ2v) is 8.15. The van der Waals surface area contributed by atoms with Gasteiger partial charge in [0.15, 0.2) is 9.84 Å². The molecular weight excluding hydrogens is 286 g/mol. The number of hydrogen-bond acceptors (Lipinski definition) is 4. The molecule has 0 saturated heterocycles. The van der Waals surface area contributed by atoms with Crippen molar-refractivity contribution in [2.45, 2.75) is 43.9 Å². The van der Waals surface area contributed by atoms with Gasteiger partial charge in [0.25, 0.3) is 0 Å². The molecule has 0 spiro atoms. The minimum atomic E-state index is -3.08. The maximum Gasteiger partial charge on any atom is 0.155 e. The van der Waals surface area contributed by atoms with Gasteiger partial charge in [-0.3, -0.25) is 0 Å². The predicted octanol–water partition coefficient (Wildman–Crippen LogP) is 2.62. The summed E-state index contributed by atoms with van der Waals surface area (Å²) >= 11 is 0. The molecule has 1 unspecified atom stereocenters. The summed E-state index contributed by atoms with van der Waals surface area (Å²) in [5.74, 6) is 0.870. The Hall–Kier alpha value is -1.07. The average molecular weight is 311 g/mol. The highest BCUT2D eigenvalue weighted by molar-refractivity contribution is 7.92. The maximum absolute atomic E-state index is 12.6. The molecule has 0 aromatic heterocycles. The number of ether oxygens (including phenoxy) is 1. The molecule has 118 valence electrons. The largest absolute Gasteiger partial charge is 0.496 e. The molecule has 1 aromatic rings. The van der Waals surface area contributed by atoms with Crippen molar-refractivity contribution in [3.05, 3.63) is 29.3 Å². The average Bonchev–Trinajstić information content (AvgIpc) is 3.00. The summed E-state index contributed by atoms with van der Waals surface area (Å²) < 4.78 is 30.5. The monoisotopic (exact) mass is 311 g/mol. The lowest BCUT2D eigenvalue weighted by Crippen LogP contribution is -2.30. The highest BCUT2D eigenvalue weighted by atomic mass is 32.2. The first kappa shape index (κ1) is 16.3. The molecule has 1 saturated carbocycles. The molecule has 0 heterocycles. The van der Waals surface area contributed by atoms with Crippen LogP contribution in [0.25, 0.3) is 0 Å². The molecule has 1 fully saturated rings. The van der Waals surface area contributed by atoms with Crippen LogP contribution < -0.4 is 10.1 Å². The van der Waals surface area contributed by atoms with Crippen molar-refractivity contribution in [3.63, 3.8) is 0 Å². The van der Waals surface area contributed by atoms with Crippen LogP contribution in [0, 0.1) is 6.92 Å². The topological polar surface area (TPSA) is 55.4 Å². The lowest BCUT2D eigenvalue weighted by molar-refractivity contribution is 0.403. The fourth-order valence-electron chi connectivity index (χ4n) is 3.07. The van der Waals surface area contributed by atoms with Crippen LogP contribution in [0.5, 0.6) is 5.75 Å². The zero-order valence-corrected chi connectivity index (χ0v) is 13.9. The van der Waals surface area contributed by atoms with Crippen molar-refractivity contribution < 1.29 is 13.2 Å². The Morgan fingerprint density at radius 3 is 2.57 bits per heavy atom. The van der Waals surface area contributed by atoms with E-state index in [0.29, 0.717) is 0 Å². The van der Waals surface area contributed by atoms with Crippen LogP contribution >= 0.6 is 0 Å². The number of nitrogens with one attached hydrogen (secondary N) is 1. The third-order valence-electron chi connectivity index (χ3n) is 4.32. The molecule has 1 aromatic carbocycles. The van der Waals surface area contributed by atoms with Crippen LogP contribution in [0.2, 0.25) is 0 Å². The van der Waals surface area contributed by atoms with Crippen LogP contribution in [-0.4, -0.2) is 33.6 Å². The van der Waals surface area contributed by atoms with E-state index in [1.807, 2.05) is 25.1 Å². The maximum atomic E-state index is 12.6. The van der Waals surface area contributed by atoms with Gasteiger partial charge in [-0.2, -0.15) is 0 Å². The van der Waals surface area contributed by atoms with Crippen LogP contribution in [0.3, 0.4) is 0 Å². The van der Waals surface area contributed by atoms with Crippen LogP contribution in [0.1, 0.15) is 42.9 Å². The molecule has 5 heteroatoms. The number of hydrogen-bond donors (Lipinski definition) is 1. The minimum absolute atomic E-state index is 0.133. The van der Waals surface area contributed by atoms with Gasteiger partial charge in [0.1, 0.15) is 5.75 Å². The highest BCUT2D eigenvalue weighted by Gasteiger charge is 2.31. The molecule has 0 bridgehead atoms. The normalized spacial score (nSPS) is 17.9. The highest BCUT2D eigenvalue weighted by Crippen LogP contribution is 2.31. The molecule has 0 radical (unpaired) electrons. The Morgan fingerprint density at radius 2 is 2.00 bits per heavy atom.